The summed E-state index contributed by atoms with van der Waals surface area (Å²) in [7, 11) is 0. The minimum atomic E-state index is -0.216. The molecule has 3 aromatic rings. The Bertz CT molecular complexity index is 915. The highest BCUT2D eigenvalue weighted by Crippen LogP contribution is 2.23. The Balaban J connectivity index is 1.69. The van der Waals surface area contributed by atoms with E-state index in [2.05, 4.69) is 15.4 Å². The molecular formula is C21H21ClN4O. The Morgan fingerprint density at radius 2 is 1.70 bits per heavy atom. The van der Waals surface area contributed by atoms with Crippen LogP contribution in [-0.4, -0.2) is 26.7 Å². The number of carbonyl (C=O) groups excluding carboxylic acids is 1. The van der Waals surface area contributed by atoms with Crippen molar-refractivity contribution >= 4 is 17.5 Å². The lowest BCUT2D eigenvalue weighted by atomic mass is 9.95. The molecule has 1 aromatic heterocycles. The Morgan fingerprint density at radius 1 is 1.00 bits per heavy atom. The van der Waals surface area contributed by atoms with Crippen LogP contribution in [0.1, 0.15) is 42.7 Å². The number of amides is 1. The first-order valence-electron chi connectivity index (χ1n) is 9.30. The molecule has 0 spiro atoms. The summed E-state index contributed by atoms with van der Waals surface area (Å²) in [4.78, 5) is 17.3. The van der Waals surface area contributed by atoms with Crippen molar-refractivity contribution in [3.63, 3.8) is 0 Å². The van der Waals surface area contributed by atoms with E-state index in [1.165, 1.54) is 6.42 Å². The van der Waals surface area contributed by atoms with Gasteiger partial charge in [0, 0.05) is 16.6 Å². The molecule has 138 valence electrons. The standard InChI is InChI=1S/C21H21ClN4O/c22-16-11-13-18(14-12-16)26-20(15-7-3-1-4-8-15)24-19(25-26)21(27)23-17-9-5-2-6-10-17/h1,3-4,7-8,11-14,17H,2,5-6,9-10H2,(H,23,27). The molecule has 2 aromatic carbocycles. The Hall–Kier alpha value is -2.66. The normalized spacial score (nSPS) is 14.9. The van der Waals surface area contributed by atoms with Gasteiger partial charge in [0.05, 0.1) is 5.69 Å². The van der Waals surface area contributed by atoms with Gasteiger partial charge in [0.25, 0.3) is 5.91 Å². The molecule has 6 heteroatoms. The second-order valence-corrected chi connectivity index (χ2v) is 7.26. The van der Waals surface area contributed by atoms with Crippen molar-refractivity contribution in [3.05, 3.63) is 65.4 Å². The predicted octanol–water partition coefficient (Wildman–Crippen LogP) is 4.65. The molecule has 1 saturated carbocycles. The van der Waals surface area contributed by atoms with Gasteiger partial charge in [0.1, 0.15) is 0 Å². The molecule has 1 aliphatic rings. The molecule has 1 N–H and O–H groups in total. The lowest BCUT2D eigenvalue weighted by Crippen LogP contribution is -2.36. The van der Waals surface area contributed by atoms with Crippen molar-refractivity contribution in [3.8, 4) is 17.1 Å². The number of benzene rings is 2. The summed E-state index contributed by atoms with van der Waals surface area (Å²) in [6.45, 7) is 0. The van der Waals surface area contributed by atoms with E-state index in [4.69, 9.17) is 11.6 Å². The molecule has 1 fully saturated rings. The van der Waals surface area contributed by atoms with E-state index in [1.54, 1.807) is 16.8 Å². The SMILES string of the molecule is O=C(NC1CCCCC1)c1nc(-c2ccccc2)n(-c2ccc(Cl)cc2)n1. The van der Waals surface area contributed by atoms with Gasteiger partial charge < -0.3 is 5.32 Å². The third-order valence-corrected chi connectivity index (χ3v) is 5.11. The average molecular weight is 381 g/mol. The first-order chi connectivity index (χ1) is 13.2. The van der Waals surface area contributed by atoms with Gasteiger partial charge in [-0.1, -0.05) is 61.2 Å². The number of rotatable bonds is 4. The quantitative estimate of drug-likeness (QED) is 0.716. The van der Waals surface area contributed by atoms with Crippen molar-refractivity contribution in [2.45, 2.75) is 38.1 Å². The van der Waals surface area contributed by atoms with E-state index in [-0.39, 0.29) is 17.8 Å². The van der Waals surface area contributed by atoms with Crippen molar-refractivity contribution in [2.24, 2.45) is 0 Å². The third kappa shape index (κ3) is 4.03. The van der Waals surface area contributed by atoms with Crippen LogP contribution in [-0.2, 0) is 0 Å². The molecule has 1 amide bonds. The fraction of sp³-hybridized carbons (Fsp3) is 0.286. The fourth-order valence-corrected chi connectivity index (χ4v) is 3.57. The molecular weight excluding hydrogens is 360 g/mol. The van der Waals surface area contributed by atoms with Crippen LogP contribution in [0, 0.1) is 0 Å². The van der Waals surface area contributed by atoms with Crippen LogP contribution < -0.4 is 5.32 Å². The summed E-state index contributed by atoms with van der Waals surface area (Å²) in [5.41, 5.74) is 1.71. The van der Waals surface area contributed by atoms with Crippen molar-refractivity contribution < 1.29 is 4.79 Å². The van der Waals surface area contributed by atoms with Crippen LogP contribution >= 0.6 is 11.6 Å². The second kappa shape index (κ2) is 7.92. The van der Waals surface area contributed by atoms with E-state index in [0.717, 1.165) is 36.9 Å². The van der Waals surface area contributed by atoms with Gasteiger partial charge in [0.2, 0.25) is 5.82 Å². The summed E-state index contributed by atoms with van der Waals surface area (Å²) >= 11 is 6.01. The molecule has 0 aliphatic heterocycles. The van der Waals surface area contributed by atoms with Crippen LogP contribution in [0.2, 0.25) is 5.02 Å². The van der Waals surface area contributed by atoms with Crippen LogP contribution in [0.4, 0.5) is 0 Å². The molecule has 27 heavy (non-hydrogen) atoms. The maximum absolute atomic E-state index is 12.7. The van der Waals surface area contributed by atoms with Gasteiger partial charge in [-0.15, -0.1) is 5.10 Å². The largest absolute Gasteiger partial charge is 0.347 e. The number of nitrogens with zero attached hydrogens (tertiary/aromatic N) is 3. The van der Waals surface area contributed by atoms with E-state index >= 15 is 0 Å². The fourth-order valence-electron chi connectivity index (χ4n) is 3.44. The number of aromatic nitrogens is 3. The van der Waals surface area contributed by atoms with Gasteiger partial charge in [-0.3, -0.25) is 4.79 Å². The van der Waals surface area contributed by atoms with E-state index in [0.29, 0.717) is 10.8 Å². The van der Waals surface area contributed by atoms with Gasteiger partial charge in [-0.2, -0.15) is 0 Å². The highest BCUT2D eigenvalue weighted by atomic mass is 35.5. The Labute approximate surface area is 163 Å². The molecule has 0 saturated heterocycles. The first-order valence-corrected chi connectivity index (χ1v) is 9.68. The zero-order chi connectivity index (χ0) is 18.6. The second-order valence-electron chi connectivity index (χ2n) is 6.82. The smallest absolute Gasteiger partial charge is 0.291 e. The highest BCUT2D eigenvalue weighted by molar-refractivity contribution is 6.30. The Kier molecular flexibility index (Phi) is 5.21. The van der Waals surface area contributed by atoms with Crippen molar-refractivity contribution in [1.82, 2.24) is 20.1 Å². The zero-order valence-corrected chi connectivity index (χ0v) is 15.7. The van der Waals surface area contributed by atoms with Gasteiger partial charge in [-0.25, -0.2) is 9.67 Å². The lowest BCUT2D eigenvalue weighted by Gasteiger charge is -2.21. The van der Waals surface area contributed by atoms with Crippen LogP contribution in [0.15, 0.2) is 54.6 Å². The summed E-state index contributed by atoms with van der Waals surface area (Å²) in [5.74, 6) is 0.605. The molecule has 1 heterocycles. The molecule has 0 radical (unpaired) electrons. The number of halogens is 1. The van der Waals surface area contributed by atoms with Crippen LogP contribution in [0.5, 0.6) is 0 Å². The minimum Gasteiger partial charge on any atom is -0.347 e. The molecule has 4 rings (SSSR count). The van der Waals surface area contributed by atoms with Crippen LogP contribution in [0.3, 0.4) is 0 Å². The van der Waals surface area contributed by atoms with Gasteiger partial charge >= 0.3 is 0 Å². The molecule has 0 unspecified atom stereocenters. The van der Waals surface area contributed by atoms with Crippen molar-refractivity contribution in [1.29, 1.82) is 0 Å². The topological polar surface area (TPSA) is 59.8 Å². The summed E-state index contributed by atoms with van der Waals surface area (Å²) < 4.78 is 1.70. The average Bonchev–Trinajstić information content (AvgIpc) is 3.16. The third-order valence-electron chi connectivity index (χ3n) is 4.85. The number of nitrogens with one attached hydrogen (secondary N) is 1. The molecule has 0 bridgehead atoms. The van der Waals surface area contributed by atoms with E-state index in [9.17, 15) is 4.79 Å². The molecule has 0 atom stereocenters. The van der Waals surface area contributed by atoms with Crippen LogP contribution in [0.25, 0.3) is 17.1 Å². The number of hydrogen-bond acceptors (Lipinski definition) is 3. The number of carbonyl (C=O) groups is 1. The monoisotopic (exact) mass is 380 g/mol. The summed E-state index contributed by atoms with van der Waals surface area (Å²) in [6.07, 6.45) is 5.61. The van der Waals surface area contributed by atoms with E-state index in [1.807, 2.05) is 42.5 Å². The maximum Gasteiger partial charge on any atom is 0.291 e. The molecule has 5 nitrogen and oxygen atoms in total. The first kappa shape index (κ1) is 17.7. The maximum atomic E-state index is 12.7. The minimum absolute atomic E-state index is 0.189. The van der Waals surface area contributed by atoms with Gasteiger partial charge in [-0.05, 0) is 37.1 Å². The number of hydrogen-bond donors (Lipinski definition) is 1. The van der Waals surface area contributed by atoms with Crippen molar-refractivity contribution in [2.75, 3.05) is 0 Å². The lowest BCUT2D eigenvalue weighted by molar-refractivity contribution is 0.0917. The molecule has 1 aliphatic carbocycles. The zero-order valence-electron chi connectivity index (χ0n) is 14.9. The summed E-state index contributed by atoms with van der Waals surface area (Å²) in [6, 6.07) is 17.3. The summed E-state index contributed by atoms with van der Waals surface area (Å²) in [5, 5.41) is 8.24. The Morgan fingerprint density at radius 3 is 2.41 bits per heavy atom. The van der Waals surface area contributed by atoms with E-state index < -0.39 is 0 Å². The predicted molar refractivity (Wildman–Crippen MR) is 106 cm³/mol. The highest BCUT2D eigenvalue weighted by Gasteiger charge is 2.22. The van der Waals surface area contributed by atoms with Gasteiger partial charge in [0.15, 0.2) is 5.82 Å².